The second-order valence-electron chi connectivity index (χ2n) is 7.92. The van der Waals surface area contributed by atoms with Gasteiger partial charge in [0.1, 0.15) is 10.8 Å². The zero-order valence-electron chi connectivity index (χ0n) is 16.6. The Morgan fingerprint density at radius 1 is 1.16 bits per heavy atom. The molecule has 0 aliphatic carbocycles. The zero-order valence-corrected chi connectivity index (χ0v) is 17.4. The second kappa shape index (κ2) is 7.46. The standard InChI is InChI=1S/C23H20FN3O3S/c24-15-7-5-14(6-8-15)12-26-18-4-2-1-3-16(18)17-11-19-22(31)25(10-9-21(28)29)23(30)27(19)13-20(17)26/h1-8,19H,9-13H2,(H,28,29). The number of hydrogen-bond acceptors (Lipinski definition) is 3. The van der Waals surface area contributed by atoms with Gasteiger partial charge in [-0.3, -0.25) is 9.69 Å². The van der Waals surface area contributed by atoms with Crippen molar-refractivity contribution in [2.75, 3.05) is 6.54 Å². The van der Waals surface area contributed by atoms with Gasteiger partial charge in [0.15, 0.2) is 0 Å². The summed E-state index contributed by atoms with van der Waals surface area (Å²) in [7, 11) is 0. The van der Waals surface area contributed by atoms with Gasteiger partial charge in [0.25, 0.3) is 0 Å². The predicted octanol–water partition coefficient (Wildman–Crippen LogP) is 3.79. The Morgan fingerprint density at radius 3 is 2.65 bits per heavy atom. The van der Waals surface area contributed by atoms with Crippen molar-refractivity contribution in [3.8, 4) is 0 Å². The molecule has 0 radical (unpaired) electrons. The van der Waals surface area contributed by atoms with E-state index in [0.29, 0.717) is 24.5 Å². The Labute approximate surface area is 183 Å². The van der Waals surface area contributed by atoms with Gasteiger partial charge in [-0.15, -0.1) is 0 Å². The van der Waals surface area contributed by atoms with Crippen molar-refractivity contribution in [1.82, 2.24) is 14.4 Å². The molecule has 158 valence electrons. The van der Waals surface area contributed by atoms with Crippen LogP contribution in [0.3, 0.4) is 0 Å². The zero-order chi connectivity index (χ0) is 21.7. The van der Waals surface area contributed by atoms with Crippen molar-refractivity contribution >= 4 is 40.1 Å². The van der Waals surface area contributed by atoms with Crippen LogP contribution in [0.15, 0.2) is 48.5 Å². The third-order valence-corrected chi connectivity index (χ3v) is 6.61. The molecule has 0 spiro atoms. The van der Waals surface area contributed by atoms with Gasteiger partial charge in [-0.05, 0) is 29.3 Å². The molecule has 0 bridgehead atoms. The van der Waals surface area contributed by atoms with E-state index in [4.69, 9.17) is 17.3 Å². The summed E-state index contributed by atoms with van der Waals surface area (Å²) < 4.78 is 15.5. The number of rotatable bonds is 5. The van der Waals surface area contributed by atoms with Crippen molar-refractivity contribution in [2.24, 2.45) is 0 Å². The highest BCUT2D eigenvalue weighted by molar-refractivity contribution is 7.80. The van der Waals surface area contributed by atoms with Crippen LogP contribution < -0.4 is 0 Å². The smallest absolute Gasteiger partial charge is 0.325 e. The van der Waals surface area contributed by atoms with E-state index in [1.165, 1.54) is 17.0 Å². The average molecular weight is 437 g/mol. The lowest BCUT2D eigenvalue weighted by Gasteiger charge is -2.29. The van der Waals surface area contributed by atoms with Gasteiger partial charge in [-0.25, -0.2) is 9.18 Å². The third-order valence-electron chi connectivity index (χ3n) is 6.12. The van der Waals surface area contributed by atoms with E-state index in [-0.39, 0.29) is 30.9 Å². The molecule has 0 saturated carbocycles. The molecule has 2 amide bonds. The summed E-state index contributed by atoms with van der Waals surface area (Å²) in [6, 6.07) is 14.1. The molecule has 3 heterocycles. The van der Waals surface area contributed by atoms with Crippen LogP contribution >= 0.6 is 12.2 Å². The molecule has 3 aromatic rings. The lowest BCUT2D eigenvalue weighted by Crippen LogP contribution is -2.40. The van der Waals surface area contributed by atoms with Crippen LogP contribution in [0.2, 0.25) is 0 Å². The predicted molar refractivity (Wildman–Crippen MR) is 117 cm³/mol. The minimum absolute atomic E-state index is 0.0839. The first-order valence-electron chi connectivity index (χ1n) is 10.1. The number of urea groups is 1. The Morgan fingerprint density at radius 2 is 1.90 bits per heavy atom. The topological polar surface area (TPSA) is 65.8 Å². The molecule has 8 heteroatoms. The summed E-state index contributed by atoms with van der Waals surface area (Å²) in [6.45, 7) is 1.05. The molecule has 31 heavy (non-hydrogen) atoms. The monoisotopic (exact) mass is 437 g/mol. The van der Waals surface area contributed by atoms with E-state index < -0.39 is 5.97 Å². The number of carboxylic acids is 1. The van der Waals surface area contributed by atoms with Crippen LogP contribution in [0.25, 0.3) is 10.9 Å². The van der Waals surface area contributed by atoms with Gasteiger partial charge < -0.3 is 14.6 Å². The van der Waals surface area contributed by atoms with E-state index >= 15 is 0 Å². The molecule has 1 N–H and O–H groups in total. The second-order valence-corrected chi connectivity index (χ2v) is 8.34. The molecule has 1 aromatic heterocycles. The number of fused-ring (bicyclic) bond motifs is 4. The maximum absolute atomic E-state index is 13.4. The lowest BCUT2D eigenvalue weighted by atomic mass is 9.97. The number of aliphatic carboxylic acids is 1. The molecular weight excluding hydrogens is 417 g/mol. The van der Waals surface area contributed by atoms with Gasteiger partial charge in [0.05, 0.1) is 19.0 Å². The molecular formula is C23H20FN3O3S. The van der Waals surface area contributed by atoms with Crippen LogP contribution in [0.5, 0.6) is 0 Å². The highest BCUT2D eigenvalue weighted by atomic mass is 32.1. The summed E-state index contributed by atoms with van der Waals surface area (Å²) in [5.41, 5.74) is 4.24. The fourth-order valence-electron chi connectivity index (χ4n) is 4.63. The van der Waals surface area contributed by atoms with Gasteiger partial charge >= 0.3 is 12.0 Å². The number of para-hydroxylation sites is 1. The maximum atomic E-state index is 13.4. The fourth-order valence-corrected chi connectivity index (χ4v) is 5.01. The Bertz CT molecular complexity index is 1220. The first-order chi connectivity index (χ1) is 14.9. The third kappa shape index (κ3) is 3.27. The molecule has 2 aliphatic rings. The van der Waals surface area contributed by atoms with E-state index in [0.717, 1.165) is 27.7 Å². The number of thiocarbonyl (C=S) groups is 1. The summed E-state index contributed by atoms with van der Waals surface area (Å²) >= 11 is 5.57. The number of carbonyl (C=O) groups excluding carboxylic acids is 1. The largest absolute Gasteiger partial charge is 0.481 e. The van der Waals surface area contributed by atoms with Gasteiger partial charge in [-0.1, -0.05) is 42.5 Å². The molecule has 5 rings (SSSR count). The van der Waals surface area contributed by atoms with Crippen LogP contribution in [0.1, 0.15) is 23.2 Å². The van der Waals surface area contributed by atoms with E-state index in [9.17, 15) is 14.0 Å². The minimum Gasteiger partial charge on any atom is -0.481 e. The number of carbonyl (C=O) groups is 2. The number of carboxylic acid groups (broad SMARTS) is 1. The molecule has 2 aromatic carbocycles. The normalized spacial score (nSPS) is 17.9. The highest BCUT2D eigenvalue weighted by Gasteiger charge is 2.45. The van der Waals surface area contributed by atoms with Crippen molar-refractivity contribution < 1.29 is 19.1 Å². The SMILES string of the molecule is O=C(O)CCN1C(=O)N2Cc3c(c4ccccc4n3Cc3ccc(F)cc3)CC2C1=S. The number of hydrogen-bond donors (Lipinski definition) is 1. The summed E-state index contributed by atoms with van der Waals surface area (Å²) in [4.78, 5) is 27.7. The van der Waals surface area contributed by atoms with Crippen molar-refractivity contribution in [3.63, 3.8) is 0 Å². The maximum Gasteiger partial charge on any atom is 0.325 e. The Kier molecular flexibility index (Phi) is 4.74. The van der Waals surface area contributed by atoms with Crippen LogP contribution in [-0.2, 0) is 24.3 Å². The number of halogens is 1. The Balaban J connectivity index is 1.53. The summed E-state index contributed by atoms with van der Waals surface area (Å²) in [5, 5.41) is 10.1. The van der Waals surface area contributed by atoms with Gasteiger partial charge in [0, 0.05) is 36.1 Å². The molecule has 1 fully saturated rings. The summed E-state index contributed by atoms with van der Waals surface area (Å²) in [5.74, 6) is -1.23. The lowest BCUT2D eigenvalue weighted by molar-refractivity contribution is -0.137. The van der Waals surface area contributed by atoms with Crippen LogP contribution in [0.4, 0.5) is 9.18 Å². The summed E-state index contributed by atoms with van der Waals surface area (Å²) in [6.07, 6.45) is 0.458. The molecule has 1 unspecified atom stereocenters. The number of benzene rings is 2. The number of nitrogens with zero attached hydrogens (tertiary/aromatic N) is 3. The molecule has 2 aliphatic heterocycles. The van der Waals surface area contributed by atoms with Crippen LogP contribution in [0, 0.1) is 5.82 Å². The first-order valence-corrected chi connectivity index (χ1v) is 10.5. The van der Waals surface area contributed by atoms with Gasteiger partial charge in [0.2, 0.25) is 0 Å². The van der Waals surface area contributed by atoms with E-state index in [2.05, 4.69) is 16.7 Å². The number of aromatic nitrogens is 1. The molecule has 1 atom stereocenters. The van der Waals surface area contributed by atoms with E-state index in [1.807, 2.05) is 12.1 Å². The first kappa shape index (κ1) is 19.7. The quantitative estimate of drug-likeness (QED) is 0.617. The van der Waals surface area contributed by atoms with Crippen LogP contribution in [-0.4, -0.2) is 49.0 Å². The fraction of sp³-hybridized carbons (Fsp3) is 0.261. The highest BCUT2D eigenvalue weighted by Crippen LogP contribution is 2.37. The molecule has 1 saturated heterocycles. The van der Waals surface area contributed by atoms with Gasteiger partial charge in [-0.2, -0.15) is 0 Å². The van der Waals surface area contributed by atoms with Crippen molar-refractivity contribution in [1.29, 1.82) is 0 Å². The Hall–Kier alpha value is -3.26. The van der Waals surface area contributed by atoms with Crippen molar-refractivity contribution in [3.05, 3.63) is 71.2 Å². The van der Waals surface area contributed by atoms with Crippen molar-refractivity contribution in [2.45, 2.75) is 32.0 Å². The average Bonchev–Trinajstić information content (AvgIpc) is 3.19. The minimum atomic E-state index is -0.958. The van der Waals surface area contributed by atoms with E-state index in [1.54, 1.807) is 17.0 Å². The molecule has 6 nitrogen and oxygen atoms in total. The number of amides is 2.